The summed E-state index contributed by atoms with van der Waals surface area (Å²) in [6.07, 6.45) is 0. The topological polar surface area (TPSA) is 0 Å². The summed E-state index contributed by atoms with van der Waals surface area (Å²) in [5.41, 5.74) is 1.47. The summed E-state index contributed by atoms with van der Waals surface area (Å²) in [5, 5.41) is 7.26. The third kappa shape index (κ3) is 1.14. The van der Waals surface area contributed by atoms with Crippen molar-refractivity contribution in [3.8, 4) is 0 Å². The second kappa shape index (κ2) is 2.91. The van der Waals surface area contributed by atoms with Gasteiger partial charge in [0.2, 0.25) is 0 Å². The number of hydrogen-bond donors (Lipinski definition) is 0. The van der Waals surface area contributed by atoms with Gasteiger partial charge in [-0.3, -0.25) is 0 Å². The van der Waals surface area contributed by atoms with E-state index in [0.717, 1.165) is 0 Å². The van der Waals surface area contributed by atoms with Crippen LogP contribution in [0.25, 0.3) is 10.8 Å². The molecule has 12 heavy (non-hydrogen) atoms. The Morgan fingerprint density at radius 3 is 2.75 bits per heavy atom. The van der Waals surface area contributed by atoms with Crippen molar-refractivity contribution in [3.63, 3.8) is 0 Å². The zero-order valence-electron chi connectivity index (χ0n) is 7.37. The van der Waals surface area contributed by atoms with Crippen LogP contribution >= 0.6 is 11.3 Å². The minimum Gasteiger partial charge on any atom is -0.151 e. The smallest absolute Gasteiger partial charge is 0.00116 e. The lowest BCUT2D eigenvalue weighted by Crippen LogP contribution is -1.86. The van der Waals surface area contributed by atoms with Crippen LogP contribution in [0.4, 0.5) is 0 Å². The quantitative estimate of drug-likeness (QED) is 0.615. The second-order valence-corrected chi connectivity index (χ2v) is 4.12. The van der Waals surface area contributed by atoms with Crippen LogP contribution < -0.4 is 0 Å². The van der Waals surface area contributed by atoms with Crippen molar-refractivity contribution >= 4 is 22.1 Å². The molecule has 0 saturated heterocycles. The van der Waals surface area contributed by atoms with Gasteiger partial charge in [0, 0.05) is 0 Å². The van der Waals surface area contributed by atoms with E-state index < -0.39 is 0 Å². The lowest BCUT2D eigenvalue weighted by molar-refractivity contribution is 0.877. The van der Waals surface area contributed by atoms with Crippen molar-refractivity contribution in [2.24, 2.45) is 0 Å². The van der Waals surface area contributed by atoms with Crippen LogP contribution in [-0.2, 0) is 0 Å². The Bertz CT molecular complexity index is 385. The Kier molecular flexibility index (Phi) is 1.89. The zero-order chi connectivity index (χ0) is 8.55. The first-order valence-corrected chi connectivity index (χ1v) is 5.18. The molecule has 0 fully saturated rings. The summed E-state index contributed by atoms with van der Waals surface area (Å²) in [6, 6.07) is 6.54. The first-order valence-electron chi connectivity index (χ1n) is 4.24. The first-order chi connectivity index (χ1) is 5.79. The van der Waals surface area contributed by atoms with Crippen molar-refractivity contribution in [1.29, 1.82) is 0 Å². The largest absolute Gasteiger partial charge is 0.151 e. The fourth-order valence-electron chi connectivity index (χ4n) is 1.52. The van der Waals surface area contributed by atoms with Gasteiger partial charge in [0.25, 0.3) is 0 Å². The van der Waals surface area contributed by atoms with E-state index in [4.69, 9.17) is 0 Å². The summed E-state index contributed by atoms with van der Waals surface area (Å²) in [6.45, 7) is 4.49. The molecule has 0 aliphatic heterocycles. The summed E-state index contributed by atoms with van der Waals surface area (Å²) in [7, 11) is 0. The SMILES string of the molecule is CC(C)c1cccc2cscc12. The molecule has 1 heterocycles. The molecule has 1 aromatic carbocycles. The molecule has 2 rings (SSSR count). The van der Waals surface area contributed by atoms with Crippen molar-refractivity contribution in [2.75, 3.05) is 0 Å². The van der Waals surface area contributed by atoms with Crippen molar-refractivity contribution in [3.05, 3.63) is 34.5 Å². The lowest BCUT2D eigenvalue weighted by Gasteiger charge is -2.05. The summed E-state index contributed by atoms with van der Waals surface area (Å²) in [5.74, 6) is 0.628. The van der Waals surface area contributed by atoms with Crippen LogP contribution in [0.1, 0.15) is 25.3 Å². The zero-order valence-corrected chi connectivity index (χ0v) is 8.19. The molecule has 0 saturated carbocycles. The van der Waals surface area contributed by atoms with E-state index in [1.165, 1.54) is 16.3 Å². The Morgan fingerprint density at radius 2 is 2.00 bits per heavy atom. The van der Waals surface area contributed by atoms with Crippen LogP contribution in [0, 0.1) is 0 Å². The molecule has 0 radical (unpaired) electrons. The minimum absolute atomic E-state index is 0.628. The highest BCUT2D eigenvalue weighted by molar-refractivity contribution is 7.09. The number of benzene rings is 1. The van der Waals surface area contributed by atoms with Gasteiger partial charge in [0.05, 0.1) is 0 Å². The highest BCUT2D eigenvalue weighted by Gasteiger charge is 2.03. The Balaban J connectivity index is 2.73. The Morgan fingerprint density at radius 1 is 1.17 bits per heavy atom. The Hall–Kier alpha value is -0.820. The standard InChI is InChI=1S/C11H12S/c1-8(2)10-5-3-4-9-6-12-7-11(9)10/h3-8H,1-2H3. The van der Waals surface area contributed by atoms with Crippen LogP contribution in [0.5, 0.6) is 0 Å². The van der Waals surface area contributed by atoms with Crippen molar-refractivity contribution in [1.82, 2.24) is 0 Å². The van der Waals surface area contributed by atoms with Gasteiger partial charge in [-0.2, -0.15) is 11.3 Å². The molecule has 0 N–H and O–H groups in total. The predicted octanol–water partition coefficient (Wildman–Crippen LogP) is 4.02. The molecule has 0 nitrogen and oxygen atoms in total. The van der Waals surface area contributed by atoms with Crippen LogP contribution in [0.15, 0.2) is 29.0 Å². The van der Waals surface area contributed by atoms with Gasteiger partial charge in [-0.15, -0.1) is 0 Å². The maximum atomic E-state index is 2.24. The van der Waals surface area contributed by atoms with Gasteiger partial charge < -0.3 is 0 Å². The van der Waals surface area contributed by atoms with E-state index in [9.17, 15) is 0 Å². The number of rotatable bonds is 1. The summed E-state index contributed by atoms with van der Waals surface area (Å²) in [4.78, 5) is 0. The van der Waals surface area contributed by atoms with Gasteiger partial charge in [0.1, 0.15) is 0 Å². The first kappa shape index (κ1) is 7.81. The van der Waals surface area contributed by atoms with Gasteiger partial charge >= 0.3 is 0 Å². The molecule has 0 aliphatic carbocycles. The van der Waals surface area contributed by atoms with Crippen LogP contribution in [0.3, 0.4) is 0 Å². The van der Waals surface area contributed by atoms with Gasteiger partial charge in [-0.05, 0) is 33.0 Å². The molecule has 1 aromatic heterocycles. The third-order valence-corrected chi connectivity index (χ3v) is 2.94. The fourth-order valence-corrected chi connectivity index (χ4v) is 2.35. The van der Waals surface area contributed by atoms with Crippen LogP contribution in [-0.4, -0.2) is 0 Å². The number of thiophene rings is 1. The number of fused-ring (bicyclic) bond motifs is 1. The maximum Gasteiger partial charge on any atom is -0.00116 e. The molecule has 0 atom stereocenters. The van der Waals surface area contributed by atoms with Gasteiger partial charge in [0.15, 0.2) is 0 Å². The van der Waals surface area contributed by atoms with Gasteiger partial charge in [-0.1, -0.05) is 32.0 Å². The normalized spacial score (nSPS) is 11.2. The molecule has 1 heteroatoms. The highest BCUT2D eigenvalue weighted by atomic mass is 32.1. The minimum atomic E-state index is 0.628. The molecule has 0 unspecified atom stereocenters. The summed E-state index contributed by atoms with van der Waals surface area (Å²) >= 11 is 1.78. The average Bonchev–Trinajstić information content (AvgIpc) is 2.49. The maximum absolute atomic E-state index is 2.24. The van der Waals surface area contributed by atoms with E-state index >= 15 is 0 Å². The summed E-state index contributed by atoms with van der Waals surface area (Å²) < 4.78 is 0. The fraction of sp³-hybridized carbons (Fsp3) is 0.273. The van der Waals surface area contributed by atoms with E-state index in [0.29, 0.717) is 5.92 Å². The molecular weight excluding hydrogens is 164 g/mol. The number of hydrogen-bond acceptors (Lipinski definition) is 1. The predicted molar refractivity (Wildman–Crippen MR) is 55.9 cm³/mol. The van der Waals surface area contributed by atoms with Crippen molar-refractivity contribution < 1.29 is 0 Å². The molecule has 0 aliphatic rings. The molecular formula is C11H12S. The molecule has 0 amide bonds. The third-order valence-electron chi connectivity index (χ3n) is 2.18. The lowest BCUT2D eigenvalue weighted by atomic mass is 9.99. The van der Waals surface area contributed by atoms with E-state index in [1.807, 2.05) is 0 Å². The van der Waals surface area contributed by atoms with E-state index in [-0.39, 0.29) is 0 Å². The Labute approximate surface area is 76.8 Å². The molecule has 0 bridgehead atoms. The van der Waals surface area contributed by atoms with Gasteiger partial charge in [-0.25, -0.2) is 0 Å². The molecule has 62 valence electrons. The highest BCUT2D eigenvalue weighted by Crippen LogP contribution is 2.27. The van der Waals surface area contributed by atoms with E-state index in [2.05, 4.69) is 42.8 Å². The van der Waals surface area contributed by atoms with E-state index in [1.54, 1.807) is 11.3 Å². The van der Waals surface area contributed by atoms with Crippen LogP contribution in [0.2, 0.25) is 0 Å². The second-order valence-electron chi connectivity index (χ2n) is 3.38. The van der Waals surface area contributed by atoms with Crippen molar-refractivity contribution in [2.45, 2.75) is 19.8 Å². The molecule has 2 aromatic rings. The monoisotopic (exact) mass is 176 g/mol. The average molecular weight is 176 g/mol. The molecule has 0 spiro atoms.